The molecule has 0 aromatic heterocycles. The maximum Gasteiger partial charge on any atom is 0.0645 e. The minimum atomic E-state index is 0.637. The average molecular weight is 231 g/mol. The molecule has 3 rings (SSSR count). The number of rotatable bonds is 2. The molecule has 1 aromatic rings. The Morgan fingerprint density at radius 3 is 2.71 bits per heavy atom. The van der Waals surface area contributed by atoms with Crippen LogP contribution in [-0.2, 0) is 17.7 Å². The molecule has 0 aliphatic carbocycles. The molecule has 2 aliphatic rings. The molecular weight excluding hydrogens is 210 g/mol. The molecule has 0 amide bonds. The fourth-order valence-electron chi connectivity index (χ4n) is 2.70. The van der Waals surface area contributed by atoms with E-state index in [0.717, 1.165) is 19.8 Å². The van der Waals surface area contributed by atoms with E-state index in [9.17, 15) is 0 Å². The Hall–Kier alpha value is -0.860. The largest absolute Gasteiger partial charge is 0.378 e. The van der Waals surface area contributed by atoms with E-state index in [1.54, 1.807) is 5.56 Å². The molecule has 0 bridgehead atoms. The smallest absolute Gasteiger partial charge is 0.0645 e. The predicted molar refractivity (Wildman–Crippen MR) is 69.3 cm³/mol. The van der Waals surface area contributed by atoms with Gasteiger partial charge < -0.3 is 4.74 Å². The zero-order chi connectivity index (χ0) is 11.8. The van der Waals surface area contributed by atoms with Gasteiger partial charge in [0.2, 0.25) is 0 Å². The molecule has 0 atom stereocenters. The van der Waals surface area contributed by atoms with Gasteiger partial charge in [0.05, 0.1) is 19.3 Å². The van der Waals surface area contributed by atoms with Crippen LogP contribution in [-0.4, -0.2) is 30.7 Å². The number of fused-ring (bicyclic) bond motifs is 1. The SMILES string of the molecule is CC(C)c1ccc2c(c1)CCN(C1COC1)C2. The Balaban J connectivity index is 1.78. The fraction of sp³-hybridized carbons (Fsp3) is 0.600. The highest BCUT2D eigenvalue weighted by Crippen LogP contribution is 2.26. The number of nitrogens with zero attached hydrogens (tertiary/aromatic N) is 1. The summed E-state index contributed by atoms with van der Waals surface area (Å²) in [6, 6.07) is 7.71. The molecule has 2 aliphatic heterocycles. The van der Waals surface area contributed by atoms with E-state index in [4.69, 9.17) is 4.74 Å². The van der Waals surface area contributed by atoms with Crippen LogP contribution >= 0.6 is 0 Å². The third-order valence-electron chi connectivity index (χ3n) is 4.08. The lowest BCUT2D eigenvalue weighted by Gasteiger charge is -2.40. The molecular formula is C15H21NO. The monoisotopic (exact) mass is 231 g/mol. The van der Waals surface area contributed by atoms with Crippen molar-refractivity contribution in [2.45, 2.75) is 38.8 Å². The molecule has 0 N–H and O–H groups in total. The van der Waals surface area contributed by atoms with Crippen molar-refractivity contribution in [2.24, 2.45) is 0 Å². The molecule has 0 radical (unpaired) electrons. The van der Waals surface area contributed by atoms with Crippen molar-refractivity contribution in [1.29, 1.82) is 0 Å². The van der Waals surface area contributed by atoms with Crippen LogP contribution in [0.4, 0.5) is 0 Å². The van der Waals surface area contributed by atoms with Crippen molar-refractivity contribution < 1.29 is 4.74 Å². The topological polar surface area (TPSA) is 12.5 Å². The zero-order valence-electron chi connectivity index (χ0n) is 10.8. The molecule has 0 spiro atoms. The lowest BCUT2D eigenvalue weighted by molar-refractivity contribution is -0.0695. The number of hydrogen-bond donors (Lipinski definition) is 0. The van der Waals surface area contributed by atoms with Crippen LogP contribution in [0, 0.1) is 0 Å². The van der Waals surface area contributed by atoms with Crippen LogP contribution in [0.3, 0.4) is 0 Å². The van der Waals surface area contributed by atoms with Gasteiger partial charge in [-0.2, -0.15) is 0 Å². The highest BCUT2D eigenvalue weighted by molar-refractivity contribution is 5.35. The van der Waals surface area contributed by atoms with Crippen LogP contribution in [0.2, 0.25) is 0 Å². The molecule has 1 aromatic carbocycles. The van der Waals surface area contributed by atoms with E-state index >= 15 is 0 Å². The molecule has 1 saturated heterocycles. The van der Waals surface area contributed by atoms with Crippen LogP contribution < -0.4 is 0 Å². The van der Waals surface area contributed by atoms with Gasteiger partial charge in [-0.1, -0.05) is 32.0 Å². The first kappa shape index (κ1) is 11.2. The lowest BCUT2D eigenvalue weighted by Crippen LogP contribution is -2.50. The van der Waals surface area contributed by atoms with Gasteiger partial charge in [-0.05, 0) is 29.0 Å². The zero-order valence-corrected chi connectivity index (χ0v) is 10.8. The quantitative estimate of drug-likeness (QED) is 0.775. The Morgan fingerprint density at radius 2 is 2.06 bits per heavy atom. The van der Waals surface area contributed by atoms with Crippen molar-refractivity contribution >= 4 is 0 Å². The van der Waals surface area contributed by atoms with Crippen LogP contribution in [0.15, 0.2) is 18.2 Å². The second-order valence-electron chi connectivity index (χ2n) is 5.59. The van der Waals surface area contributed by atoms with Crippen molar-refractivity contribution in [2.75, 3.05) is 19.8 Å². The number of hydrogen-bond acceptors (Lipinski definition) is 2. The number of ether oxygens (including phenoxy) is 1. The molecule has 0 unspecified atom stereocenters. The molecule has 2 heterocycles. The van der Waals surface area contributed by atoms with Gasteiger partial charge in [0.25, 0.3) is 0 Å². The third-order valence-corrected chi connectivity index (χ3v) is 4.08. The summed E-state index contributed by atoms with van der Waals surface area (Å²) < 4.78 is 5.28. The van der Waals surface area contributed by atoms with Gasteiger partial charge >= 0.3 is 0 Å². The van der Waals surface area contributed by atoms with Crippen molar-refractivity contribution in [3.63, 3.8) is 0 Å². The minimum Gasteiger partial charge on any atom is -0.378 e. The molecule has 92 valence electrons. The summed E-state index contributed by atoms with van der Waals surface area (Å²) in [6.07, 6.45) is 1.20. The molecule has 17 heavy (non-hydrogen) atoms. The third kappa shape index (κ3) is 2.12. The van der Waals surface area contributed by atoms with E-state index in [1.165, 1.54) is 24.1 Å². The van der Waals surface area contributed by atoms with Crippen molar-refractivity contribution in [3.8, 4) is 0 Å². The summed E-state index contributed by atoms with van der Waals surface area (Å²) >= 11 is 0. The van der Waals surface area contributed by atoms with Gasteiger partial charge in [-0.3, -0.25) is 4.90 Å². The normalized spacial score (nSPS) is 21.4. The maximum atomic E-state index is 5.28. The molecule has 0 saturated carbocycles. The first-order valence-electron chi connectivity index (χ1n) is 6.67. The Labute approximate surface area is 104 Å². The van der Waals surface area contributed by atoms with E-state index in [1.807, 2.05) is 0 Å². The summed E-state index contributed by atoms with van der Waals surface area (Å²) in [5.74, 6) is 0.637. The molecule has 1 fully saturated rings. The van der Waals surface area contributed by atoms with Crippen molar-refractivity contribution in [3.05, 3.63) is 34.9 Å². The maximum absolute atomic E-state index is 5.28. The van der Waals surface area contributed by atoms with Crippen molar-refractivity contribution in [1.82, 2.24) is 4.90 Å². The molecule has 2 nitrogen and oxygen atoms in total. The van der Waals surface area contributed by atoms with Gasteiger partial charge in [0.15, 0.2) is 0 Å². The van der Waals surface area contributed by atoms with E-state index in [-0.39, 0.29) is 0 Å². The predicted octanol–water partition coefficient (Wildman–Crippen LogP) is 2.57. The van der Waals surface area contributed by atoms with Gasteiger partial charge in [-0.25, -0.2) is 0 Å². The summed E-state index contributed by atoms with van der Waals surface area (Å²) in [4.78, 5) is 2.57. The molecule has 2 heteroatoms. The van der Waals surface area contributed by atoms with E-state index < -0.39 is 0 Å². The summed E-state index contributed by atoms with van der Waals surface area (Å²) in [6.45, 7) is 8.70. The highest BCUT2D eigenvalue weighted by atomic mass is 16.5. The first-order chi connectivity index (χ1) is 8.24. The Kier molecular flexibility index (Phi) is 2.93. The summed E-state index contributed by atoms with van der Waals surface area (Å²) in [5.41, 5.74) is 4.56. The first-order valence-corrected chi connectivity index (χ1v) is 6.67. The standard InChI is InChI=1S/C15H21NO/c1-11(2)12-3-4-14-8-16(15-9-17-10-15)6-5-13(14)7-12/h3-4,7,11,15H,5-6,8-10H2,1-2H3. The Bertz CT molecular complexity index is 409. The van der Waals surface area contributed by atoms with E-state index in [2.05, 4.69) is 36.9 Å². The summed E-state index contributed by atoms with van der Waals surface area (Å²) in [5, 5.41) is 0. The summed E-state index contributed by atoms with van der Waals surface area (Å²) in [7, 11) is 0. The minimum absolute atomic E-state index is 0.637. The van der Waals surface area contributed by atoms with Crippen LogP contribution in [0.25, 0.3) is 0 Å². The lowest BCUT2D eigenvalue weighted by atomic mass is 9.92. The highest BCUT2D eigenvalue weighted by Gasteiger charge is 2.28. The Morgan fingerprint density at radius 1 is 1.24 bits per heavy atom. The second-order valence-corrected chi connectivity index (χ2v) is 5.59. The second kappa shape index (κ2) is 4.43. The van der Waals surface area contributed by atoms with Crippen LogP contribution in [0.5, 0.6) is 0 Å². The number of benzene rings is 1. The van der Waals surface area contributed by atoms with Crippen LogP contribution in [0.1, 0.15) is 36.5 Å². The van der Waals surface area contributed by atoms with Gasteiger partial charge in [0, 0.05) is 13.1 Å². The average Bonchev–Trinajstić information content (AvgIpc) is 2.26. The van der Waals surface area contributed by atoms with Gasteiger partial charge in [0.1, 0.15) is 0 Å². The fourth-order valence-corrected chi connectivity index (χ4v) is 2.70. The van der Waals surface area contributed by atoms with Gasteiger partial charge in [-0.15, -0.1) is 0 Å². The van der Waals surface area contributed by atoms with E-state index in [0.29, 0.717) is 12.0 Å².